The summed E-state index contributed by atoms with van der Waals surface area (Å²) in [5.41, 5.74) is 0.639. The van der Waals surface area contributed by atoms with Crippen molar-refractivity contribution in [3.05, 3.63) is 40.7 Å². The van der Waals surface area contributed by atoms with E-state index >= 15 is 0 Å². The van der Waals surface area contributed by atoms with Crippen LogP contribution in [0.5, 0.6) is 0 Å². The number of likely N-dealkylation sites (N-methyl/N-ethyl adjacent to an activating group) is 1. The van der Waals surface area contributed by atoms with Gasteiger partial charge >= 0.3 is 0 Å². The molecule has 1 amide bonds. The first-order valence-corrected chi connectivity index (χ1v) is 5.84. The van der Waals surface area contributed by atoms with E-state index in [1.54, 1.807) is 20.0 Å². The summed E-state index contributed by atoms with van der Waals surface area (Å²) in [4.78, 5) is 13.1. The summed E-state index contributed by atoms with van der Waals surface area (Å²) in [6.45, 7) is 1.64. The zero-order valence-electron chi connectivity index (χ0n) is 10.2. The van der Waals surface area contributed by atoms with Crippen molar-refractivity contribution in [3.63, 3.8) is 0 Å². The molecule has 18 heavy (non-hydrogen) atoms. The van der Waals surface area contributed by atoms with Gasteiger partial charge in [0.2, 0.25) is 5.91 Å². The molecule has 0 saturated heterocycles. The highest BCUT2D eigenvalue weighted by atomic mass is 35.5. The van der Waals surface area contributed by atoms with E-state index in [1.807, 2.05) is 0 Å². The lowest BCUT2D eigenvalue weighted by molar-refractivity contribution is -0.127. The number of amides is 1. The van der Waals surface area contributed by atoms with E-state index in [-0.39, 0.29) is 23.6 Å². The lowest BCUT2D eigenvalue weighted by Crippen LogP contribution is -2.36. The van der Waals surface area contributed by atoms with Gasteiger partial charge in [-0.05, 0) is 30.7 Å². The molecule has 0 fully saturated rings. The van der Waals surface area contributed by atoms with E-state index in [1.165, 1.54) is 29.2 Å². The first-order valence-electron chi connectivity index (χ1n) is 5.46. The number of hydrogen-bond acceptors (Lipinski definition) is 2. The number of nitrogens with zero attached hydrogens (tertiary/aromatic N) is 1. The average molecular weight is 272 g/mol. The van der Waals surface area contributed by atoms with Crippen LogP contribution in [0.15, 0.2) is 24.3 Å². The van der Waals surface area contributed by atoms with Gasteiger partial charge in [-0.15, -0.1) is 0 Å². The molecular weight excluding hydrogens is 257 g/mol. The van der Waals surface area contributed by atoms with Gasteiger partial charge in [-0.25, -0.2) is 4.39 Å². The summed E-state index contributed by atoms with van der Waals surface area (Å²) < 4.78 is 12.9. The van der Waals surface area contributed by atoms with Gasteiger partial charge in [-0.2, -0.15) is 0 Å². The van der Waals surface area contributed by atoms with Gasteiger partial charge in [0, 0.05) is 13.1 Å². The number of hydrogen-bond donors (Lipinski definition) is 1. The van der Waals surface area contributed by atoms with Gasteiger partial charge in [0.15, 0.2) is 0 Å². The highest BCUT2D eigenvalue weighted by Gasteiger charge is 2.11. The van der Waals surface area contributed by atoms with Crippen molar-refractivity contribution in [2.24, 2.45) is 0 Å². The van der Waals surface area contributed by atoms with Crippen molar-refractivity contribution < 1.29 is 14.3 Å². The largest absolute Gasteiger partial charge is 0.394 e. The minimum absolute atomic E-state index is 0.0154. The van der Waals surface area contributed by atoms with Crippen molar-refractivity contribution in [1.29, 1.82) is 0 Å². The van der Waals surface area contributed by atoms with Crippen LogP contribution in [0.25, 0.3) is 6.08 Å². The Kier molecular flexibility index (Phi) is 5.31. The first kappa shape index (κ1) is 14.7. The molecule has 1 aromatic rings. The number of carbonyl (C=O) groups excluding carboxylic acids is 1. The zero-order valence-corrected chi connectivity index (χ0v) is 11.0. The number of halogens is 2. The normalized spacial score (nSPS) is 12.7. The molecule has 1 aromatic carbocycles. The highest BCUT2D eigenvalue weighted by molar-refractivity contribution is 6.30. The molecule has 1 N–H and O–H groups in total. The molecule has 0 bridgehead atoms. The monoisotopic (exact) mass is 271 g/mol. The maximum absolute atomic E-state index is 12.9. The summed E-state index contributed by atoms with van der Waals surface area (Å²) in [5, 5.41) is 8.94. The molecule has 0 aliphatic carbocycles. The second-order valence-electron chi connectivity index (χ2n) is 3.99. The quantitative estimate of drug-likeness (QED) is 0.854. The molecule has 0 spiro atoms. The number of aliphatic hydroxyl groups is 1. The van der Waals surface area contributed by atoms with E-state index in [0.717, 1.165) is 0 Å². The Labute approximate surface area is 110 Å². The third kappa shape index (κ3) is 3.82. The number of benzene rings is 1. The minimum atomic E-state index is -0.494. The fourth-order valence-corrected chi connectivity index (χ4v) is 1.43. The van der Waals surface area contributed by atoms with E-state index in [0.29, 0.717) is 5.56 Å². The third-order valence-corrected chi connectivity index (χ3v) is 2.92. The van der Waals surface area contributed by atoms with Crippen LogP contribution in [0.2, 0.25) is 5.02 Å². The lowest BCUT2D eigenvalue weighted by Gasteiger charge is -2.21. The van der Waals surface area contributed by atoms with Crippen LogP contribution in [0, 0.1) is 5.82 Å². The minimum Gasteiger partial charge on any atom is -0.394 e. The van der Waals surface area contributed by atoms with Crippen LogP contribution in [-0.2, 0) is 4.79 Å². The Bertz CT molecular complexity index is 462. The molecule has 0 aromatic heterocycles. The second kappa shape index (κ2) is 6.52. The third-order valence-electron chi connectivity index (χ3n) is 2.64. The van der Waals surface area contributed by atoms with Gasteiger partial charge in [0.25, 0.3) is 0 Å². The fourth-order valence-electron chi connectivity index (χ4n) is 1.24. The molecule has 3 nitrogen and oxygen atoms in total. The fraction of sp³-hybridized carbons (Fsp3) is 0.308. The maximum Gasteiger partial charge on any atom is 0.246 e. The van der Waals surface area contributed by atoms with Crippen molar-refractivity contribution in [2.75, 3.05) is 13.7 Å². The molecule has 1 atom stereocenters. The molecular formula is C13H15ClFNO2. The Balaban J connectivity index is 2.74. The van der Waals surface area contributed by atoms with Gasteiger partial charge < -0.3 is 10.0 Å². The smallest absolute Gasteiger partial charge is 0.246 e. The molecule has 98 valence electrons. The number of aliphatic hydroxyl groups excluding tert-OH is 1. The number of rotatable bonds is 4. The first-order chi connectivity index (χ1) is 8.45. The van der Waals surface area contributed by atoms with Gasteiger partial charge in [-0.3, -0.25) is 4.79 Å². The van der Waals surface area contributed by atoms with Crippen LogP contribution in [0.3, 0.4) is 0 Å². The highest BCUT2D eigenvalue weighted by Crippen LogP contribution is 2.16. The zero-order chi connectivity index (χ0) is 13.7. The summed E-state index contributed by atoms with van der Waals surface area (Å²) >= 11 is 5.63. The predicted molar refractivity (Wildman–Crippen MR) is 69.8 cm³/mol. The van der Waals surface area contributed by atoms with Crippen molar-refractivity contribution in [1.82, 2.24) is 4.90 Å². The van der Waals surface area contributed by atoms with Gasteiger partial charge in [0.05, 0.1) is 17.7 Å². The topological polar surface area (TPSA) is 40.5 Å². The summed E-state index contributed by atoms with van der Waals surface area (Å²) in [7, 11) is 1.60. The Hall–Kier alpha value is -1.39. The molecule has 0 aliphatic rings. The van der Waals surface area contributed by atoms with Crippen LogP contribution in [0.1, 0.15) is 12.5 Å². The second-order valence-corrected chi connectivity index (χ2v) is 4.39. The summed E-state index contributed by atoms with van der Waals surface area (Å²) in [6, 6.07) is 3.96. The molecule has 5 heteroatoms. The lowest BCUT2D eigenvalue weighted by atomic mass is 10.2. The molecule has 0 aliphatic heterocycles. The van der Waals surface area contributed by atoms with E-state index in [2.05, 4.69) is 0 Å². The predicted octanol–water partition coefficient (Wildman–Crippen LogP) is 2.33. The average Bonchev–Trinajstić information content (AvgIpc) is 2.37. The van der Waals surface area contributed by atoms with Crippen LogP contribution < -0.4 is 0 Å². The summed E-state index contributed by atoms with van der Waals surface area (Å²) in [5.74, 6) is -0.733. The molecule has 1 unspecified atom stereocenters. The van der Waals surface area contributed by atoms with E-state index in [9.17, 15) is 9.18 Å². The van der Waals surface area contributed by atoms with Gasteiger partial charge in [-0.1, -0.05) is 17.7 Å². The molecule has 1 rings (SSSR count). The molecule has 0 saturated carbocycles. The summed E-state index contributed by atoms with van der Waals surface area (Å²) in [6.07, 6.45) is 2.91. The Morgan fingerprint density at radius 1 is 1.61 bits per heavy atom. The van der Waals surface area contributed by atoms with Crippen LogP contribution in [-0.4, -0.2) is 35.6 Å². The maximum atomic E-state index is 12.9. The Morgan fingerprint density at radius 3 is 2.83 bits per heavy atom. The SMILES string of the molecule is CC(CO)N(C)C(=O)/C=C/c1ccc(F)c(Cl)c1. The Morgan fingerprint density at radius 2 is 2.28 bits per heavy atom. The van der Waals surface area contributed by atoms with Crippen LogP contribution in [0.4, 0.5) is 4.39 Å². The van der Waals surface area contributed by atoms with E-state index < -0.39 is 5.82 Å². The number of carbonyl (C=O) groups is 1. The molecule has 0 radical (unpaired) electrons. The van der Waals surface area contributed by atoms with Gasteiger partial charge in [0.1, 0.15) is 5.82 Å². The molecule has 0 heterocycles. The van der Waals surface area contributed by atoms with Crippen molar-refractivity contribution in [2.45, 2.75) is 13.0 Å². The van der Waals surface area contributed by atoms with Crippen molar-refractivity contribution in [3.8, 4) is 0 Å². The van der Waals surface area contributed by atoms with Crippen molar-refractivity contribution >= 4 is 23.6 Å². The van der Waals surface area contributed by atoms with E-state index in [4.69, 9.17) is 16.7 Å². The van der Waals surface area contributed by atoms with Crippen LogP contribution >= 0.6 is 11.6 Å². The standard InChI is InChI=1S/C13H15ClFNO2/c1-9(8-17)16(2)13(18)6-4-10-3-5-12(15)11(14)7-10/h3-7,9,17H,8H2,1-2H3/b6-4+.